The minimum absolute atomic E-state index is 0.0307. The van der Waals surface area contributed by atoms with E-state index in [1.807, 2.05) is 23.1 Å². The zero-order valence-corrected chi connectivity index (χ0v) is 17.6. The maximum absolute atomic E-state index is 13.7. The van der Waals surface area contributed by atoms with Gasteiger partial charge in [-0.1, -0.05) is 6.07 Å². The van der Waals surface area contributed by atoms with Gasteiger partial charge >= 0.3 is 0 Å². The number of hydrogen-bond donors (Lipinski definition) is 0. The van der Waals surface area contributed by atoms with Gasteiger partial charge in [-0.25, -0.2) is 18.2 Å². The van der Waals surface area contributed by atoms with Crippen LogP contribution in [0.25, 0.3) is 0 Å². The summed E-state index contributed by atoms with van der Waals surface area (Å²) in [4.78, 5) is 10.9. The van der Waals surface area contributed by atoms with Gasteiger partial charge in [0.25, 0.3) is 0 Å². The van der Waals surface area contributed by atoms with Crippen LogP contribution in [0.1, 0.15) is 19.3 Å². The van der Waals surface area contributed by atoms with E-state index in [0.717, 1.165) is 49.7 Å². The number of piperidine rings is 1. The lowest BCUT2D eigenvalue weighted by atomic mass is 10.0. The summed E-state index contributed by atoms with van der Waals surface area (Å²) < 4.78 is 45.4. The largest absolute Gasteiger partial charge is 0.378 e. The molecule has 0 radical (unpaired) electrons. The molecular weight excluding hydrogens is 405 g/mol. The molecule has 4 rings (SSSR count). The first-order chi connectivity index (χ1) is 15.1. The van der Waals surface area contributed by atoms with Gasteiger partial charge in [-0.2, -0.15) is 0 Å². The van der Waals surface area contributed by atoms with Crippen LogP contribution in [0, 0.1) is 5.82 Å². The van der Waals surface area contributed by atoms with Crippen molar-refractivity contribution in [3.63, 3.8) is 0 Å². The van der Waals surface area contributed by atoms with Gasteiger partial charge in [0.05, 0.1) is 13.2 Å². The molecule has 0 amide bonds. The highest BCUT2D eigenvalue weighted by Crippen LogP contribution is 2.28. The highest BCUT2D eigenvalue weighted by molar-refractivity contribution is 5.56. The molecule has 2 aliphatic heterocycles. The molecule has 0 N–H and O–H groups in total. The van der Waals surface area contributed by atoms with Crippen molar-refractivity contribution in [2.45, 2.75) is 31.7 Å². The molecule has 0 unspecified atom stereocenters. The van der Waals surface area contributed by atoms with E-state index >= 15 is 0 Å². The fourth-order valence-electron chi connectivity index (χ4n) is 4.42. The zero-order chi connectivity index (χ0) is 21.6. The number of anilines is 3. The molecule has 0 saturated carbocycles. The minimum Gasteiger partial charge on any atom is -0.378 e. The van der Waals surface area contributed by atoms with Crippen LogP contribution >= 0.6 is 0 Å². The summed E-state index contributed by atoms with van der Waals surface area (Å²) >= 11 is 0. The molecule has 1 aromatic carbocycles. The van der Waals surface area contributed by atoms with Crippen molar-refractivity contribution in [3.8, 4) is 0 Å². The number of halogens is 3. The Morgan fingerprint density at radius 3 is 2.65 bits per heavy atom. The summed E-state index contributed by atoms with van der Waals surface area (Å²) in [5.74, 6) is 0.449. The second kappa shape index (κ2) is 10.2. The third-order valence-electron chi connectivity index (χ3n) is 6.00. The van der Waals surface area contributed by atoms with Crippen LogP contribution in [-0.2, 0) is 4.74 Å². The number of pyridine rings is 1. The molecule has 0 bridgehead atoms. The third kappa shape index (κ3) is 5.61. The van der Waals surface area contributed by atoms with Crippen LogP contribution in [0.4, 0.5) is 30.4 Å². The normalized spacial score (nSPS) is 19.7. The summed E-state index contributed by atoms with van der Waals surface area (Å²) in [6.45, 7) is 4.67. The van der Waals surface area contributed by atoms with Gasteiger partial charge in [0, 0.05) is 68.8 Å². The van der Waals surface area contributed by atoms with E-state index in [2.05, 4.69) is 14.8 Å². The first-order valence-corrected chi connectivity index (χ1v) is 10.9. The predicted molar refractivity (Wildman–Crippen MR) is 117 cm³/mol. The lowest BCUT2D eigenvalue weighted by Gasteiger charge is -2.41. The van der Waals surface area contributed by atoms with Crippen LogP contribution in [-0.4, -0.2) is 63.4 Å². The molecule has 0 spiro atoms. The molecule has 31 heavy (non-hydrogen) atoms. The van der Waals surface area contributed by atoms with Crippen molar-refractivity contribution in [2.75, 3.05) is 60.6 Å². The van der Waals surface area contributed by atoms with Crippen molar-refractivity contribution in [2.24, 2.45) is 0 Å². The van der Waals surface area contributed by atoms with Gasteiger partial charge < -0.3 is 19.4 Å². The Labute approximate surface area is 181 Å². The van der Waals surface area contributed by atoms with Gasteiger partial charge in [0.2, 0.25) is 6.43 Å². The Kier molecular flexibility index (Phi) is 7.17. The molecular formula is C23H29F3N4O. The van der Waals surface area contributed by atoms with Crippen LogP contribution in [0.5, 0.6) is 0 Å². The average molecular weight is 435 g/mol. The first kappa shape index (κ1) is 21.7. The van der Waals surface area contributed by atoms with Crippen molar-refractivity contribution in [3.05, 3.63) is 48.4 Å². The summed E-state index contributed by atoms with van der Waals surface area (Å²) in [6, 6.07) is 10.5. The van der Waals surface area contributed by atoms with E-state index in [4.69, 9.17) is 4.74 Å². The topological polar surface area (TPSA) is 31.8 Å². The summed E-state index contributed by atoms with van der Waals surface area (Å²) in [5.41, 5.74) is 1.86. The van der Waals surface area contributed by atoms with Crippen molar-refractivity contribution >= 4 is 17.2 Å². The number of hydrogen-bond acceptors (Lipinski definition) is 5. The molecule has 1 atom stereocenters. The van der Waals surface area contributed by atoms with E-state index in [1.165, 1.54) is 12.1 Å². The maximum atomic E-state index is 13.7. The molecule has 2 aromatic rings. The Hall–Kier alpha value is -2.48. The third-order valence-corrected chi connectivity index (χ3v) is 6.00. The number of morpholine rings is 1. The van der Waals surface area contributed by atoms with Crippen molar-refractivity contribution in [1.29, 1.82) is 0 Å². The summed E-state index contributed by atoms with van der Waals surface area (Å²) in [7, 11) is 0. The van der Waals surface area contributed by atoms with Crippen LogP contribution in [0.3, 0.4) is 0 Å². The van der Waals surface area contributed by atoms with Crippen LogP contribution < -0.4 is 14.7 Å². The summed E-state index contributed by atoms with van der Waals surface area (Å²) in [6.07, 6.45) is 0.976. The Morgan fingerprint density at radius 2 is 1.87 bits per heavy atom. The molecule has 2 aliphatic rings. The lowest BCUT2D eigenvalue weighted by molar-refractivity contribution is 0.122. The van der Waals surface area contributed by atoms with Crippen molar-refractivity contribution in [1.82, 2.24) is 4.98 Å². The number of alkyl halides is 2. The molecule has 168 valence electrons. The van der Waals surface area contributed by atoms with Gasteiger partial charge in [0.1, 0.15) is 11.6 Å². The Bertz CT molecular complexity index is 847. The van der Waals surface area contributed by atoms with E-state index in [0.29, 0.717) is 19.8 Å². The molecule has 2 fully saturated rings. The second-order valence-corrected chi connectivity index (χ2v) is 8.07. The predicted octanol–water partition coefficient (Wildman–Crippen LogP) is 4.19. The van der Waals surface area contributed by atoms with E-state index < -0.39 is 6.43 Å². The SMILES string of the molecule is Fc1cccc(N2CCC[C@@H](N(CCC(F)F)c3cc(N4CCOCC4)ccn3)C2)c1. The standard InChI is InChI=1S/C23H29F3N4O/c24-18-3-1-4-19(15-18)29-9-2-5-21(17-29)30(10-7-22(25)26)23-16-20(6-8-27-23)28-11-13-31-14-12-28/h1,3-4,6,8,15-16,21-22H,2,5,7,9-14,17H2/t21-/m1/s1. The zero-order valence-electron chi connectivity index (χ0n) is 17.6. The molecule has 8 heteroatoms. The lowest BCUT2D eigenvalue weighted by Crippen LogP contribution is -2.49. The molecule has 0 aliphatic carbocycles. The average Bonchev–Trinajstić information content (AvgIpc) is 2.80. The Balaban J connectivity index is 1.56. The van der Waals surface area contributed by atoms with Gasteiger partial charge in [-0.05, 0) is 37.1 Å². The van der Waals surface area contributed by atoms with Gasteiger partial charge in [-0.3, -0.25) is 0 Å². The van der Waals surface area contributed by atoms with E-state index in [9.17, 15) is 13.2 Å². The summed E-state index contributed by atoms with van der Waals surface area (Å²) in [5, 5.41) is 0. The quantitative estimate of drug-likeness (QED) is 0.653. The van der Waals surface area contributed by atoms with Crippen LogP contribution in [0.15, 0.2) is 42.6 Å². The number of ether oxygens (including phenoxy) is 1. The minimum atomic E-state index is -2.37. The monoisotopic (exact) mass is 434 g/mol. The molecule has 2 saturated heterocycles. The molecule has 1 aromatic heterocycles. The van der Waals surface area contributed by atoms with Gasteiger partial charge in [0.15, 0.2) is 0 Å². The highest BCUT2D eigenvalue weighted by atomic mass is 19.3. The van der Waals surface area contributed by atoms with Gasteiger partial charge in [-0.15, -0.1) is 0 Å². The van der Waals surface area contributed by atoms with E-state index in [1.54, 1.807) is 12.3 Å². The number of nitrogens with zero attached hydrogens (tertiary/aromatic N) is 4. The van der Waals surface area contributed by atoms with Crippen LogP contribution in [0.2, 0.25) is 0 Å². The maximum Gasteiger partial charge on any atom is 0.240 e. The first-order valence-electron chi connectivity index (χ1n) is 10.9. The smallest absolute Gasteiger partial charge is 0.240 e. The Morgan fingerprint density at radius 1 is 1.06 bits per heavy atom. The molecule has 5 nitrogen and oxygen atoms in total. The number of rotatable bonds is 7. The second-order valence-electron chi connectivity index (χ2n) is 8.07. The highest BCUT2D eigenvalue weighted by Gasteiger charge is 2.28. The van der Waals surface area contributed by atoms with E-state index in [-0.39, 0.29) is 24.8 Å². The molecule has 3 heterocycles. The number of benzene rings is 1. The number of aromatic nitrogens is 1. The fourth-order valence-corrected chi connectivity index (χ4v) is 4.42. The fraction of sp³-hybridized carbons (Fsp3) is 0.522. The van der Waals surface area contributed by atoms with Crippen molar-refractivity contribution < 1.29 is 17.9 Å².